The summed E-state index contributed by atoms with van der Waals surface area (Å²) in [6.45, 7) is 5.43. The quantitative estimate of drug-likeness (QED) is 0.277. The standard InChI is InChI=1S/C25H26N2O6/c1-17-10-18(2)12-21(11-17)32-16-24(28)33-22-5-4-19(14-23(22)30-3)13-20(15-26)25(29)27-6-8-31-9-7-27/h4-5,10-14H,6-9,16H2,1-3H3/b20-13+. The molecule has 3 rings (SSSR count). The molecule has 0 aliphatic carbocycles. The van der Waals surface area contributed by atoms with Crippen LogP contribution in [0.2, 0.25) is 0 Å². The van der Waals surface area contributed by atoms with Gasteiger partial charge in [0.25, 0.3) is 5.91 Å². The first-order valence-corrected chi connectivity index (χ1v) is 10.5. The highest BCUT2D eigenvalue weighted by Gasteiger charge is 2.21. The minimum atomic E-state index is -0.587. The lowest BCUT2D eigenvalue weighted by atomic mass is 10.1. The first-order chi connectivity index (χ1) is 15.9. The maximum absolute atomic E-state index is 12.6. The van der Waals surface area contributed by atoms with Crippen molar-refractivity contribution in [2.45, 2.75) is 13.8 Å². The van der Waals surface area contributed by atoms with Crippen molar-refractivity contribution in [1.29, 1.82) is 5.26 Å². The van der Waals surface area contributed by atoms with Crippen LogP contribution in [0.4, 0.5) is 0 Å². The molecule has 1 amide bonds. The van der Waals surface area contributed by atoms with E-state index < -0.39 is 5.97 Å². The largest absolute Gasteiger partial charge is 0.493 e. The Kier molecular flexibility index (Phi) is 8.06. The molecule has 2 aromatic carbocycles. The van der Waals surface area contributed by atoms with Crippen molar-refractivity contribution in [3.8, 4) is 23.3 Å². The number of morpholine rings is 1. The van der Waals surface area contributed by atoms with Gasteiger partial charge in [-0.3, -0.25) is 4.79 Å². The predicted molar refractivity (Wildman–Crippen MR) is 121 cm³/mol. The van der Waals surface area contributed by atoms with Crippen LogP contribution in [-0.2, 0) is 14.3 Å². The Bertz CT molecular complexity index is 1080. The smallest absolute Gasteiger partial charge is 0.349 e. The molecular formula is C25H26N2O6. The van der Waals surface area contributed by atoms with Crippen molar-refractivity contribution in [2.75, 3.05) is 40.0 Å². The zero-order valence-corrected chi connectivity index (χ0v) is 18.9. The van der Waals surface area contributed by atoms with Crippen LogP contribution in [0, 0.1) is 25.2 Å². The molecule has 1 aliphatic rings. The second-order valence-electron chi connectivity index (χ2n) is 7.57. The highest BCUT2D eigenvalue weighted by atomic mass is 16.6. The van der Waals surface area contributed by atoms with Crippen molar-refractivity contribution in [3.05, 3.63) is 58.7 Å². The summed E-state index contributed by atoms with van der Waals surface area (Å²) < 4.78 is 21.5. The SMILES string of the molecule is COc1cc(/C=C(\C#N)C(=O)N2CCOCC2)ccc1OC(=O)COc1cc(C)cc(C)c1. The lowest BCUT2D eigenvalue weighted by Crippen LogP contribution is -2.41. The zero-order chi connectivity index (χ0) is 23.8. The fourth-order valence-electron chi connectivity index (χ4n) is 3.41. The van der Waals surface area contributed by atoms with E-state index in [4.69, 9.17) is 18.9 Å². The molecular weight excluding hydrogens is 424 g/mol. The number of rotatable bonds is 7. The van der Waals surface area contributed by atoms with E-state index in [1.165, 1.54) is 13.2 Å². The molecule has 0 spiro atoms. The van der Waals surface area contributed by atoms with Crippen molar-refractivity contribution in [1.82, 2.24) is 4.90 Å². The maximum Gasteiger partial charge on any atom is 0.349 e. The second kappa shape index (κ2) is 11.2. The third-order valence-corrected chi connectivity index (χ3v) is 4.92. The molecule has 172 valence electrons. The van der Waals surface area contributed by atoms with E-state index in [-0.39, 0.29) is 23.8 Å². The number of esters is 1. The molecule has 8 nitrogen and oxygen atoms in total. The van der Waals surface area contributed by atoms with E-state index in [2.05, 4.69) is 0 Å². The van der Waals surface area contributed by atoms with Crippen molar-refractivity contribution in [3.63, 3.8) is 0 Å². The first kappa shape index (κ1) is 23.8. The van der Waals surface area contributed by atoms with Gasteiger partial charge >= 0.3 is 5.97 Å². The molecule has 1 fully saturated rings. The maximum atomic E-state index is 12.6. The van der Waals surface area contributed by atoms with Crippen LogP contribution >= 0.6 is 0 Å². The monoisotopic (exact) mass is 450 g/mol. The Morgan fingerprint density at radius 1 is 1.09 bits per heavy atom. The van der Waals surface area contributed by atoms with Gasteiger partial charge in [0.2, 0.25) is 0 Å². The molecule has 2 aromatic rings. The number of amides is 1. The lowest BCUT2D eigenvalue weighted by Gasteiger charge is -2.26. The molecule has 1 saturated heterocycles. The highest BCUT2D eigenvalue weighted by molar-refractivity contribution is 6.01. The molecule has 0 unspecified atom stereocenters. The Morgan fingerprint density at radius 3 is 2.42 bits per heavy atom. The number of carbonyl (C=O) groups is 2. The van der Waals surface area contributed by atoms with Crippen LogP contribution in [0.3, 0.4) is 0 Å². The minimum absolute atomic E-state index is 0.00514. The highest BCUT2D eigenvalue weighted by Crippen LogP contribution is 2.29. The third kappa shape index (κ3) is 6.57. The Labute approximate surface area is 192 Å². The zero-order valence-electron chi connectivity index (χ0n) is 18.9. The van der Waals surface area contributed by atoms with Crippen LogP contribution < -0.4 is 14.2 Å². The lowest BCUT2D eigenvalue weighted by molar-refractivity contribution is -0.136. The fraction of sp³-hybridized carbons (Fsp3) is 0.320. The predicted octanol–water partition coefficient (Wildman–Crippen LogP) is 3.06. The van der Waals surface area contributed by atoms with E-state index in [1.54, 1.807) is 23.1 Å². The molecule has 0 atom stereocenters. The van der Waals surface area contributed by atoms with E-state index in [0.29, 0.717) is 43.4 Å². The first-order valence-electron chi connectivity index (χ1n) is 10.5. The molecule has 1 heterocycles. The molecule has 0 bridgehead atoms. The molecule has 0 aromatic heterocycles. The van der Waals surface area contributed by atoms with Crippen LogP contribution in [0.15, 0.2) is 42.0 Å². The van der Waals surface area contributed by atoms with Crippen LogP contribution in [0.5, 0.6) is 17.2 Å². The molecule has 1 aliphatic heterocycles. The van der Waals surface area contributed by atoms with Gasteiger partial charge in [-0.25, -0.2) is 4.79 Å². The second-order valence-corrected chi connectivity index (χ2v) is 7.57. The van der Waals surface area contributed by atoms with Crippen LogP contribution in [-0.4, -0.2) is 56.8 Å². The van der Waals surface area contributed by atoms with E-state index in [0.717, 1.165) is 11.1 Å². The number of hydrogen-bond donors (Lipinski definition) is 0. The molecule has 0 saturated carbocycles. The average Bonchev–Trinajstić information content (AvgIpc) is 2.81. The van der Waals surface area contributed by atoms with E-state index in [1.807, 2.05) is 38.1 Å². The Balaban J connectivity index is 1.68. The van der Waals surface area contributed by atoms with E-state index >= 15 is 0 Å². The third-order valence-electron chi connectivity index (χ3n) is 4.92. The summed E-state index contributed by atoms with van der Waals surface area (Å²) in [4.78, 5) is 26.5. The minimum Gasteiger partial charge on any atom is -0.493 e. The van der Waals surface area contributed by atoms with Crippen LogP contribution in [0.1, 0.15) is 16.7 Å². The summed E-state index contributed by atoms with van der Waals surface area (Å²) in [7, 11) is 1.44. The Morgan fingerprint density at radius 2 is 1.79 bits per heavy atom. The van der Waals surface area contributed by atoms with Gasteiger partial charge in [-0.05, 0) is 60.9 Å². The van der Waals surface area contributed by atoms with Gasteiger partial charge in [0, 0.05) is 13.1 Å². The molecule has 33 heavy (non-hydrogen) atoms. The number of ether oxygens (including phenoxy) is 4. The van der Waals surface area contributed by atoms with Crippen LogP contribution in [0.25, 0.3) is 6.08 Å². The van der Waals surface area contributed by atoms with Gasteiger partial charge in [0.1, 0.15) is 17.4 Å². The van der Waals surface area contributed by atoms with Gasteiger partial charge < -0.3 is 23.8 Å². The molecule has 0 N–H and O–H groups in total. The van der Waals surface area contributed by atoms with Crippen molar-refractivity contribution in [2.24, 2.45) is 0 Å². The van der Waals surface area contributed by atoms with Gasteiger partial charge in [0.05, 0.1) is 20.3 Å². The average molecular weight is 450 g/mol. The summed E-state index contributed by atoms with van der Waals surface area (Å²) in [5.41, 5.74) is 2.64. The number of carbonyl (C=O) groups excluding carboxylic acids is 2. The number of nitriles is 1. The topological polar surface area (TPSA) is 98.1 Å². The summed E-state index contributed by atoms with van der Waals surface area (Å²) in [6.07, 6.45) is 1.48. The van der Waals surface area contributed by atoms with Crippen molar-refractivity contribution >= 4 is 18.0 Å². The molecule has 8 heteroatoms. The van der Waals surface area contributed by atoms with Gasteiger partial charge in [-0.1, -0.05) is 12.1 Å². The fourth-order valence-corrected chi connectivity index (χ4v) is 3.41. The van der Waals surface area contributed by atoms with Gasteiger partial charge in [-0.15, -0.1) is 0 Å². The molecule has 0 radical (unpaired) electrons. The number of benzene rings is 2. The van der Waals surface area contributed by atoms with Crippen molar-refractivity contribution < 1.29 is 28.5 Å². The number of nitrogens with zero attached hydrogens (tertiary/aromatic N) is 2. The number of hydrogen-bond acceptors (Lipinski definition) is 7. The summed E-state index contributed by atoms with van der Waals surface area (Å²) >= 11 is 0. The summed E-state index contributed by atoms with van der Waals surface area (Å²) in [5.74, 6) is 0.155. The number of methoxy groups -OCH3 is 1. The normalized spacial score (nSPS) is 13.8. The number of aryl methyl sites for hydroxylation is 2. The Hall–Kier alpha value is -3.83. The van der Waals surface area contributed by atoms with E-state index in [9.17, 15) is 14.9 Å². The summed E-state index contributed by atoms with van der Waals surface area (Å²) in [5, 5.41) is 9.46. The van der Waals surface area contributed by atoms with Gasteiger partial charge in [0.15, 0.2) is 18.1 Å². The van der Waals surface area contributed by atoms with Gasteiger partial charge in [-0.2, -0.15) is 5.26 Å². The summed E-state index contributed by atoms with van der Waals surface area (Å²) in [6, 6.07) is 12.4.